The SMILES string of the molecule is O=C(O)C(=O)O.[CH2-][C@@H]1CC(CCCCCCC(=O)NO)CC[C@H]1[NH-].[Pt+2]. The number of carboxylic acids is 2. The van der Waals surface area contributed by atoms with Crippen LogP contribution in [0.1, 0.15) is 57.8 Å². The van der Waals surface area contributed by atoms with Crippen LogP contribution in [0.3, 0.4) is 0 Å². The summed E-state index contributed by atoms with van der Waals surface area (Å²) in [5.74, 6) is -2.86. The van der Waals surface area contributed by atoms with Gasteiger partial charge in [0.1, 0.15) is 0 Å². The van der Waals surface area contributed by atoms with E-state index in [0.717, 1.165) is 38.0 Å². The maximum absolute atomic E-state index is 10.8. The summed E-state index contributed by atoms with van der Waals surface area (Å²) in [7, 11) is 0. The monoisotopic (exact) mass is 539 g/mol. The number of carboxylic acid groups (broad SMARTS) is 2. The number of carbonyl (C=O) groups is 3. The Morgan fingerprint density at radius 1 is 1.04 bits per heavy atom. The van der Waals surface area contributed by atoms with Gasteiger partial charge in [-0.15, -0.1) is 0 Å². The molecule has 1 aliphatic carbocycles. The minimum Gasteiger partial charge on any atom is -0.677 e. The van der Waals surface area contributed by atoms with E-state index in [1.807, 2.05) is 0 Å². The van der Waals surface area contributed by atoms with E-state index in [2.05, 4.69) is 6.92 Å². The summed E-state index contributed by atoms with van der Waals surface area (Å²) in [6.07, 6.45) is 9.23. The molecule has 0 aromatic carbocycles. The van der Waals surface area contributed by atoms with E-state index in [0.29, 0.717) is 12.3 Å². The van der Waals surface area contributed by atoms with Crippen LogP contribution >= 0.6 is 0 Å². The second-order valence-corrected chi connectivity index (χ2v) is 6.14. The van der Waals surface area contributed by atoms with E-state index < -0.39 is 11.9 Å². The number of rotatable bonds is 7. The van der Waals surface area contributed by atoms with Crippen LogP contribution in [0.5, 0.6) is 0 Å². The van der Waals surface area contributed by atoms with E-state index in [9.17, 15) is 4.79 Å². The number of amides is 1. The van der Waals surface area contributed by atoms with Gasteiger partial charge in [-0.3, -0.25) is 10.0 Å². The Morgan fingerprint density at radius 2 is 1.60 bits per heavy atom. The van der Waals surface area contributed by atoms with Crippen LogP contribution in [0.25, 0.3) is 5.73 Å². The number of unbranched alkanes of at least 4 members (excludes halogenated alkanes) is 3. The molecule has 1 saturated carbocycles. The fourth-order valence-electron chi connectivity index (χ4n) is 2.75. The summed E-state index contributed by atoms with van der Waals surface area (Å²) >= 11 is 0. The quantitative estimate of drug-likeness (QED) is 0.129. The molecular formula is C16H28N2O6Pt. The van der Waals surface area contributed by atoms with Gasteiger partial charge in [0, 0.05) is 6.42 Å². The van der Waals surface area contributed by atoms with Gasteiger partial charge in [0.25, 0.3) is 0 Å². The van der Waals surface area contributed by atoms with Crippen molar-refractivity contribution in [1.82, 2.24) is 5.48 Å². The number of hydrogen-bond donors (Lipinski definition) is 4. The zero-order chi connectivity index (χ0) is 18.5. The first-order valence-corrected chi connectivity index (χ1v) is 8.21. The smallest absolute Gasteiger partial charge is 0.677 e. The van der Waals surface area contributed by atoms with Gasteiger partial charge in [0.05, 0.1) is 0 Å². The van der Waals surface area contributed by atoms with Crippen LogP contribution < -0.4 is 5.48 Å². The van der Waals surface area contributed by atoms with Crippen LogP contribution in [0.15, 0.2) is 0 Å². The van der Waals surface area contributed by atoms with Gasteiger partial charge in [-0.05, 0) is 12.3 Å². The number of hydroxylamine groups is 1. The Labute approximate surface area is 162 Å². The Kier molecular flexibility index (Phi) is 16.1. The molecule has 0 heterocycles. The fraction of sp³-hybridized carbons (Fsp3) is 0.750. The van der Waals surface area contributed by atoms with Crippen LogP contribution in [0.4, 0.5) is 0 Å². The molecule has 9 heteroatoms. The third-order valence-electron chi connectivity index (χ3n) is 4.16. The van der Waals surface area contributed by atoms with Crippen molar-refractivity contribution < 1.29 is 50.9 Å². The number of aliphatic carboxylic acids is 2. The predicted octanol–water partition coefficient (Wildman–Crippen LogP) is 2.66. The second kappa shape index (κ2) is 15.3. The molecule has 1 amide bonds. The van der Waals surface area contributed by atoms with Gasteiger partial charge in [-0.2, -0.15) is 12.0 Å². The molecule has 1 rings (SSSR count). The largest absolute Gasteiger partial charge is 2.00 e. The molecule has 8 nitrogen and oxygen atoms in total. The predicted molar refractivity (Wildman–Crippen MR) is 87.2 cm³/mol. The summed E-state index contributed by atoms with van der Waals surface area (Å²) < 4.78 is 0. The van der Waals surface area contributed by atoms with Crippen LogP contribution in [0.2, 0.25) is 0 Å². The molecule has 0 saturated heterocycles. The Morgan fingerprint density at radius 3 is 2.08 bits per heavy atom. The number of hydrogen-bond acceptors (Lipinski definition) is 4. The van der Waals surface area contributed by atoms with Gasteiger partial charge in [0.15, 0.2) is 0 Å². The summed E-state index contributed by atoms with van der Waals surface area (Å²) in [6.45, 7) is 4.06. The molecule has 0 spiro atoms. The number of carbonyl (C=O) groups excluding carboxylic acids is 1. The van der Waals surface area contributed by atoms with Gasteiger partial charge in [-0.1, -0.05) is 44.9 Å². The summed E-state index contributed by atoms with van der Waals surface area (Å²) in [5.41, 5.74) is 9.43. The minimum atomic E-state index is -1.82. The summed E-state index contributed by atoms with van der Waals surface area (Å²) in [4.78, 5) is 29.0. The third kappa shape index (κ3) is 13.9. The van der Waals surface area contributed by atoms with E-state index in [4.69, 9.17) is 30.7 Å². The minimum absolute atomic E-state index is 0. The normalized spacial score (nSPS) is 22.0. The molecule has 0 aromatic rings. The third-order valence-corrected chi connectivity index (χ3v) is 4.16. The first-order chi connectivity index (χ1) is 11.3. The van der Waals surface area contributed by atoms with E-state index >= 15 is 0 Å². The van der Waals surface area contributed by atoms with Crippen molar-refractivity contribution in [3.63, 3.8) is 0 Å². The van der Waals surface area contributed by atoms with Crippen LogP contribution in [-0.2, 0) is 35.4 Å². The average molecular weight is 539 g/mol. The number of nitrogens with one attached hydrogen (secondary N) is 2. The van der Waals surface area contributed by atoms with Crippen molar-refractivity contribution in [3.8, 4) is 0 Å². The molecule has 1 unspecified atom stereocenters. The molecular weight excluding hydrogens is 511 g/mol. The molecule has 1 fully saturated rings. The molecule has 1 aliphatic rings. The maximum Gasteiger partial charge on any atom is 2.00 e. The molecule has 0 aliphatic heterocycles. The average Bonchev–Trinajstić information content (AvgIpc) is 2.54. The molecule has 0 aromatic heterocycles. The molecule has 3 atom stereocenters. The van der Waals surface area contributed by atoms with E-state index in [-0.39, 0.29) is 33.0 Å². The first kappa shape index (κ1) is 26.2. The van der Waals surface area contributed by atoms with Crippen LogP contribution in [0, 0.1) is 18.8 Å². The molecule has 5 N–H and O–H groups in total. The molecule has 0 bridgehead atoms. The van der Waals surface area contributed by atoms with Crippen molar-refractivity contribution in [2.75, 3.05) is 0 Å². The topological polar surface area (TPSA) is 148 Å². The maximum atomic E-state index is 10.8. The summed E-state index contributed by atoms with van der Waals surface area (Å²) in [5, 5.41) is 23.1. The van der Waals surface area contributed by atoms with Gasteiger partial charge < -0.3 is 22.9 Å². The first-order valence-electron chi connectivity index (χ1n) is 8.21. The zero-order valence-electron chi connectivity index (χ0n) is 14.2. The zero-order valence-corrected chi connectivity index (χ0v) is 16.5. The Bertz CT molecular complexity index is 396. The van der Waals surface area contributed by atoms with Crippen LogP contribution in [-0.4, -0.2) is 39.3 Å². The Hall–Kier alpha value is -0.982. The van der Waals surface area contributed by atoms with E-state index in [1.165, 1.54) is 19.3 Å². The Balaban J connectivity index is 0. The molecule has 0 radical (unpaired) electrons. The fourth-order valence-corrected chi connectivity index (χ4v) is 2.75. The standard InChI is InChI=1S/C14H26N2O2.C2H2O4.Pt/c1-11-10-12(8-9-13(11)15)6-4-2-3-5-7-14(17)16-18;3-1(4)2(5)6;/h11-13,15,18H,1-10H2,(H,16,17);(H,3,4)(H,5,6);/q-2;;+2/t11-,12?,13-;;/m1../s1. The van der Waals surface area contributed by atoms with Crippen molar-refractivity contribution in [1.29, 1.82) is 0 Å². The van der Waals surface area contributed by atoms with Crippen molar-refractivity contribution in [3.05, 3.63) is 12.7 Å². The van der Waals surface area contributed by atoms with Gasteiger partial charge >= 0.3 is 33.0 Å². The van der Waals surface area contributed by atoms with Crippen molar-refractivity contribution in [2.45, 2.75) is 63.8 Å². The second-order valence-electron chi connectivity index (χ2n) is 6.14. The summed E-state index contributed by atoms with van der Waals surface area (Å²) in [6, 6.07) is 0.0539. The van der Waals surface area contributed by atoms with Crippen molar-refractivity contribution in [2.24, 2.45) is 11.8 Å². The van der Waals surface area contributed by atoms with Gasteiger partial charge in [-0.25, -0.2) is 15.1 Å². The van der Waals surface area contributed by atoms with Crippen molar-refractivity contribution >= 4 is 17.8 Å². The molecule has 148 valence electrons. The molecule has 25 heavy (non-hydrogen) atoms. The van der Waals surface area contributed by atoms with Gasteiger partial charge in [0.2, 0.25) is 5.91 Å². The van der Waals surface area contributed by atoms with E-state index in [1.54, 1.807) is 5.48 Å².